The van der Waals surface area contributed by atoms with Gasteiger partial charge in [0.05, 0.1) is 19.8 Å². The van der Waals surface area contributed by atoms with E-state index < -0.39 is 38.0 Å². The number of esters is 1. The van der Waals surface area contributed by atoms with Crippen molar-refractivity contribution in [1.82, 2.24) is 24.6 Å². The number of ether oxygens (including phenoxy) is 5. The predicted molar refractivity (Wildman–Crippen MR) is 189 cm³/mol. The van der Waals surface area contributed by atoms with Crippen molar-refractivity contribution in [3.8, 4) is 23.5 Å². The lowest BCUT2D eigenvalue weighted by Crippen LogP contribution is -2.40. The van der Waals surface area contributed by atoms with E-state index in [0.29, 0.717) is 18.1 Å². The van der Waals surface area contributed by atoms with E-state index in [1.165, 1.54) is 11.7 Å². The van der Waals surface area contributed by atoms with Crippen molar-refractivity contribution in [3.05, 3.63) is 96.6 Å². The molecule has 4 N–H and O–H groups in total. The maximum atomic E-state index is 14.7. The highest BCUT2D eigenvalue weighted by atomic mass is 31.2. The number of benzene rings is 3. The molecule has 2 heterocycles. The van der Waals surface area contributed by atoms with Crippen LogP contribution in [0.25, 0.3) is 11.2 Å². The Balaban J connectivity index is 1.45. The number of carbonyl (C=O) groups excluding carboxylic acids is 1. The van der Waals surface area contributed by atoms with Gasteiger partial charge in [0.2, 0.25) is 0 Å². The third-order valence-corrected chi connectivity index (χ3v) is 9.05. The number of anilines is 1. The summed E-state index contributed by atoms with van der Waals surface area (Å²) >= 11 is 0. The van der Waals surface area contributed by atoms with Crippen molar-refractivity contribution in [3.63, 3.8) is 0 Å². The van der Waals surface area contributed by atoms with Gasteiger partial charge in [-0.15, -0.1) is 0 Å². The Morgan fingerprint density at radius 3 is 2.25 bits per heavy atom. The number of aromatic hydroxyl groups is 1. The van der Waals surface area contributed by atoms with Crippen molar-refractivity contribution in [2.24, 2.45) is 0 Å². The highest BCUT2D eigenvalue weighted by Crippen LogP contribution is 2.44. The normalized spacial score (nSPS) is 13.6. The molecular formula is C35H41N6O9P. The Morgan fingerprint density at radius 2 is 1.59 bits per heavy atom. The molecule has 0 fully saturated rings. The van der Waals surface area contributed by atoms with Gasteiger partial charge >= 0.3 is 19.5 Å². The summed E-state index contributed by atoms with van der Waals surface area (Å²) < 4.78 is 50.4. The van der Waals surface area contributed by atoms with Crippen LogP contribution >= 0.6 is 7.52 Å². The molecule has 0 aliphatic rings. The van der Waals surface area contributed by atoms with E-state index >= 15 is 0 Å². The molecule has 16 heteroatoms. The summed E-state index contributed by atoms with van der Waals surface area (Å²) in [4.78, 5) is 25.9. The fraction of sp³-hybridized carbons (Fsp3) is 0.314. The van der Waals surface area contributed by atoms with Gasteiger partial charge < -0.3 is 39.0 Å². The van der Waals surface area contributed by atoms with Gasteiger partial charge in [-0.1, -0.05) is 66.7 Å². The van der Waals surface area contributed by atoms with Gasteiger partial charge in [0.1, 0.15) is 43.2 Å². The molecule has 5 rings (SSSR count). The zero-order valence-electron chi connectivity index (χ0n) is 28.3. The second-order valence-electron chi connectivity index (χ2n) is 11.2. The minimum absolute atomic E-state index is 0.00661. The fourth-order valence-corrected chi connectivity index (χ4v) is 6.68. The lowest BCUT2D eigenvalue weighted by molar-refractivity contribution is -0.145. The molecular weight excluding hydrogens is 679 g/mol. The van der Waals surface area contributed by atoms with E-state index in [2.05, 4.69) is 20.0 Å². The molecule has 270 valence electrons. The summed E-state index contributed by atoms with van der Waals surface area (Å²) in [5, 5.41) is 13.9. The Kier molecular flexibility index (Phi) is 13.2. The van der Waals surface area contributed by atoms with Crippen molar-refractivity contribution in [1.29, 1.82) is 0 Å². The first-order valence-electron chi connectivity index (χ1n) is 16.2. The Labute approximate surface area is 295 Å². The van der Waals surface area contributed by atoms with Gasteiger partial charge in [-0.3, -0.25) is 13.9 Å². The molecule has 0 saturated carbocycles. The summed E-state index contributed by atoms with van der Waals surface area (Å²) in [6.07, 6.45) is -1.22. The van der Waals surface area contributed by atoms with E-state index in [4.69, 9.17) is 33.9 Å². The van der Waals surface area contributed by atoms with Crippen LogP contribution in [0.2, 0.25) is 0 Å². The van der Waals surface area contributed by atoms with Gasteiger partial charge in [-0.05, 0) is 43.2 Å². The first-order valence-corrected chi connectivity index (χ1v) is 18.0. The van der Waals surface area contributed by atoms with Crippen molar-refractivity contribution in [2.45, 2.75) is 32.0 Å². The molecule has 2 aromatic heterocycles. The number of nitrogens with two attached hydrogens (primary N) is 1. The molecule has 15 nitrogen and oxygen atoms in total. The van der Waals surface area contributed by atoms with Crippen LogP contribution in [-0.4, -0.2) is 82.6 Å². The maximum absolute atomic E-state index is 14.7. The van der Waals surface area contributed by atoms with E-state index in [1.54, 1.807) is 49.4 Å². The molecule has 0 aliphatic heterocycles. The van der Waals surface area contributed by atoms with Crippen molar-refractivity contribution >= 4 is 30.5 Å². The van der Waals surface area contributed by atoms with Crippen LogP contribution in [-0.2, 0) is 36.5 Å². The second kappa shape index (κ2) is 18.2. The average Bonchev–Trinajstić information content (AvgIpc) is 3.45. The fourth-order valence-electron chi connectivity index (χ4n) is 4.96. The summed E-state index contributed by atoms with van der Waals surface area (Å²) in [6.45, 7) is 2.14. The summed E-state index contributed by atoms with van der Waals surface area (Å²) in [5.41, 5.74) is 7.28. The SMILES string of the molecule is CCOC(=O)[C@H](Cc1ccccc1)NP(=O)(CO[C@@H](COc1ccccc1)Cn1c(O)nc2c(N)nc(OCCOC)nc21)Oc1ccccc1. The number of imidazole rings is 1. The third kappa shape index (κ3) is 10.6. The van der Waals surface area contributed by atoms with Crippen molar-refractivity contribution in [2.75, 3.05) is 45.6 Å². The number of aromatic nitrogens is 4. The van der Waals surface area contributed by atoms with Gasteiger partial charge in [0, 0.05) is 7.11 Å². The minimum atomic E-state index is -4.04. The number of hydrogen-bond acceptors (Lipinski definition) is 13. The number of hydrogen-bond donors (Lipinski definition) is 3. The Bertz CT molecular complexity index is 1880. The molecule has 0 amide bonds. The van der Waals surface area contributed by atoms with E-state index in [1.807, 2.05) is 48.5 Å². The first-order chi connectivity index (χ1) is 24.8. The molecule has 51 heavy (non-hydrogen) atoms. The standard InChI is InChI=1S/C35H41N6O9P/c1-3-46-33(42)29(21-25-13-7-4-8-14-25)40-51(44,50-27-17-11-6-12-18-27)24-49-28(23-48-26-15-9-5-10-16-26)22-41-32-30(37-35(41)43)31(36)38-34(39-32)47-20-19-45-2/h4-18,28-29H,3,19-24H2,1-2H3,(H,37,43)(H,40,44)(H2,36,38,39)/t28-,29+,51?/m1/s1. The Hall–Kier alpha value is -5.21. The molecule has 0 bridgehead atoms. The number of nitrogens with zero attached hydrogens (tertiary/aromatic N) is 4. The van der Waals surface area contributed by atoms with Gasteiger partial charge in [0.25, 0.3) is 6.01 Å². The average molecular weight is 721 g/mol. The molecule has 5 aromatic rings. The second-order valence-corrected chi connectivity index (χ2v) is 13.2. The summed E-state index contributed by atoms with van der Waals surface area (Å²) in [7, 11) is -2.50. The highest BCUT2D eigenvalue weighted by molar-refractivity contribution is 7.57. The number of nitrogens with one attached hydrogen (secondary N) is 1. The van der Waals surface area contributed by atoms with Crippen LogP contribution in [0.3, 0.4) is 0 Å². The summed E-state index contributed by atoms with van der Waals surface area (Å²) in [6, 6.07) is 25.4. The first kappa shape index (κ1) is 37.1. The van der Waals surface area contributed by atoms with Crippen LogP contribution in [0, 0.1) is 0 Å². The molecule has 1 unspecified atom stereocenters. The van der Waals surface area contributed by atoms with Crippen LogP contribution in [0.15, 0.2) is 91.0 Å². The highest BCUT2D eigenvalue weighted by Gasteiger charge is 2.35. The van der Waals surface area contributed by atoms with Gasteiger partial charge in [-0.25, -0.2) is 5.09 Å². The number of nitrogen functional groups attached to an aromatic ring is 1. The molecule has 0 spiro atoms. The zero-order valence-corrected chi connectivity index (χ0v) is 29.2. The number of para-hydroxylation sites is 2. The number of rotatable bonds is 20. The minimum Gasteiger partial charge on any atom is -0.491 e. The van der Waals surface area contributed by atoms with Crippen LogP contribution in [0.5, 0.6) is 23.5 Å². The smallest absolute Gasteiger partial charge is 0.342 e. The van der Waals surface area contributed by atoms with Gasteiger partial charge in [0.15, 0.2) is 17.0 Å². The van der Waals surface area contributed by atoms with E-state index in [0.717, 1.165) is 5.56 Å². The van der Waals surface area contributed by atoms with Gasteiger partial charge in [-0.2, -0.15) is 15.0 Å². The quantitative estimate of drug-likeness (QED) is 0.0574. The lowest BCUT2D eigenvalue weighted by Gasteiger charge is -2.27. The lowest BCUT2D eigenvalue weighted by atomic mass is 10.1. The van der Waals surface area contributed by atoms with Crippen LogP contribution in [0.1, 0.15) is 12.5 Å². The third-order valence-electron chi connectivity index (χ3n) is 7.35. The van der Waals surface area contributed by atoms with E-state index in [9.17, 15) is 14.5 Å². The molecule has 0 saturated heterocycles. The largest absolute Gasteiger partial charge is 0.491 e. The molecule has 0 radical (unpaired) electrons. The van der Waals surface area contributed by atoms with Crippen LogP contribution < -0.4 is 24.8 Å². The van der Waals surface area contributed by atoms with Crippen molar-refractivity contribution < 1.29 is 42.7 Å². The number of fused-ring (bicyclic) bond motifs is 1. The predicted octanol–water partition coefficient (Wildman–Crippen LogP) is 4.60. The topological polar surface area (TPSA) is 191 Å². The van der Waals surface area contributed by atoms with E-state index in [-0.39, 0.29) is 55.8 Å². The number of methoxy groups -OCH3 is 1. The monoisotopic (exact) mass is 720 g/mol. The van der Waals surface area contributed by atoms with Crippen LogP contribution in [0.4, 0.5) is 5.82 Å². The molecule has 3 atom stereocenters. The number of carbonyl (C=O) groups is 1. The molecule has 0 aliphatic carbocycles. The maximum Gasteiger partial charge on any atom is 0.342 e. The Morgan fingerprint density at radius 1 is 0.922 bits per heavy atom. The zero-order chi connectivity index (χ0) is 36.1. The summed E-state index contributed by atoms with van der Waals surface area (Å²) in [5.74, 6) is 0.242. The molecule has 3 aromatic carbocycles.